The van der Waals surface area contributed by atoms with E-state index in [-0.39, 0.29) is 6.10 Å². The number of hydrogen-bond donors (Lipinski definition) is 1. The van der Waals surface area contributed by atoms with Crippen molar-refractivity contribution in [3.63, 3.8) is 0 Å². The van der Waals surface area contributed by atoms with Crippen molar-refractivity contribution in [2.45, 2.75) is 71.6 Å². The van der Waals surface area contributed by atoms with Crippen LogP contribution in [0.15, 0.2) is 0 Å². The highest BCUT2D eigenvalue weighted by Crippen LogP contribution is 2.27. The Hall–Kier alpha value is -0.120. The van der Waals surface area contributed by atoms with E-state index in [2.05, 4.69) is 33.0 Å². The van der Waals surface area contributed by atoms with Gasteiger partial charge in [0.2, 0.25) is 0 Å². The normalized spacial score (nSPS) is 27.5. The van der Waals surface area contributed by atoms with Crippen molar-refractivity contribution in [1.29, 1.82) is 0 Å². The molecule has 0 spiro atoms. The lowest BCUT2D eigenvalue weighted by molar-refractivity contribution is -0.145. The molecule has 1 aliphatic carbocycles. The Morgan fingerprint density at radius 3 is 2.61 bits per heavy atom. The molecule has 0 radical (unpaired) electrons. The van der Waals surface area contributed by atoms with Crippen LogP contribution < -0.4 is 5.32 Å². The van der Waals surface area contributed by atoms with E-state index in [9.17, 15) is 0 Å². The highest BCUT2D eigenvalue weighted by atomic mass is 16.5. The third-order valence-corrected chi connectivity index (χ3v) is 3.52. The molecule has 1 aliphatic rings. The molecule has 0 amide bonds. The quantitative estimate of drug-likeness (QED) is 0.610. The van der Waals surface area contributed by atoms with E-state index in [0.29, 0.717) is 12.1 Å². The molecule has 1 N–H and O–H groups in total. The minimum Gasteiger partial charge on any atom is -0.375 e. The van der Waals surface area contributed by atoms with Gasteiger partial charge in [-0.15, -0.1) is 0 Å². The average Bonchev–Trinajstić information content (AvgIpc) is 2.33. The maximum Gasteiger partial charge on any atom is 0.0990 e. The van der Waals surface area contributed by atoms with Crippen LogP contribution in [0.3, 0.4) is 0 Å². The standard InChI is InChI=1S/C15H31NO2/c1-5-9-16-13-11-14(15(13)17-6-2)18-10-7-8-12(3)4/h12-16H,5-11H2,1-4H3. The van der Waals surface area contributed by atoms with Crippen molar-refractivity contribution in [3.05, 3.63) is 0 Å². The summed E-state index contributed by atoms with van der Waals surface area (Å²) in [5.41, 5.74) is 0. The molecule has 0 heterocycles. The van der Waals surface area contributed by atoms with Crippen molar-refractivity contribution >= 4 is 0 Å². The number of nitrogens with one attached hydrogen (secondary N) is 1. The smallest absolute Gasteiger partial charge is 0.0990 e. The lowest BCUT2D eigenvalue weighted by atomic mass is 9.85. The fourth-order valence-corrected chi connectivity index (χ4v) is 2.42. The minimum atomic E-state index is 0.264. The van der Waals surface area contributed by atoms with E-state index in [4.69, 9.17) is 9.47 Å². The Morgan fingerprint density at radius 1 is 1.22 bits per heavy atom. The summed E-state index contributed by atoms with van der Waals surface area (Å²) in [5.74, 6) is 0.775. The van der Waals surface area contributed by atoms with Gasteiger partial charge in [-0.2, -0.15) is 0 Å². The molecular weight excluding hydrogens is 226 g/mol. The second-order valence-corrected chi connectivity index (χ2v) is 5.66. The van der Waals surface area contributed by atoms with Gasteiger partial charge < -0.3 is 14.8 Å². The first-order valence-corrected chi connectivity index (χ1v) is 7.65. The van der Waals surface area contributed by atoms with E-state index in [0.717, 1.165) is 32.1 Å². The van der Waals surface area contributed by atoms with Gasteiger partial charge in [-0.3, -0.25) is 0 Å². The Balaban J connectivity index is 2.17. The van der Waals surface area contributed by atoms with Gasteiger partial charge in [0.05, 0.1) is 12.2 Å². The van der Waals surface area contributed by atoms with Crippen LogP contribution in [0.5, 0.6) is 0 Å². The first-order chi connectivity index (χ1) is 8.69. The van der Waals surface area contributed by atoms with Gasteiger partial charge in [0, 0.05) is 19.3 Å². The molecule has 108 valence electrons. The zero-order valence-corrected chi connectivity index (χ0v) is 12.6. The van der Waals surface area contributed by atoms with Crippen molar-refractivity contribution in [1.82, 2.24) is 5.32 Å². The zero-order valence-electron chi connectivity index (χ0n) is 12.6. The average molecular weight is 257 g/mol. The fourth-order valence-electron chi connectivity index (χ4n) is 2.42. The minimum absolute atomic E-state index is 0.264. The largest absolute Gasteiger partial charge is 0.375 e. The molecule has 1 fully saturated rings. The molecule has 0 bridgehead atoms. The molecule has 0 aromatic heterocycles. The Kier molecular flexibility index (Phi) is 7.87. The van der Waals surface area contributed by atoms with Crippen LogP contribution in [0.4, 0.5) is 0 Å². The fraction of sp³-hybridized carbons (Fsp3) is 1.00. The predicted octanol–water partition coefficient (Wildman–Crippen LogP) is 2.98. The molecule has 18 heavy (non-hydrogen) atoms. The molecule has 0 saturated heterocycles. The molecule has 3 nitrogen and oxygen atoms in total. The van der Waals surface area contributed by atoms with Gasteiger partial charge in [-0.05, 0) is 45.1 Å². The lowest BCUT2D eigenvalue weighted by Crippen LogP contribution is -2.60. The van der Waals surface area contributed by atoms with Crippen molar-refractivity contribution in [3.8, 4) is 0 Å². The summed E-state index contributed by atoms with van der Waals surface area (Å²) in [6.07, 6.45) is 5.28. The second-order valence-electron chi connectivity index (χ2n) is 5.66. The van der Waals surface area contributed by atoms with Gasteiger partial charge in [0.15, 0.2) is 0 Å². The Bertz CT molecular complexity index is 209. The molecular formula is C15H31NO2. The summed E-state index contributed by atoms with van der Waals surface area (Å²) in [7, 11) is 0. The van der Waals surface area contributed by atoms with Gasteiger partial charge >= 0.3 is 0 Å². The second kappa shape index (κ2) is 8.89. The SMILES string of the molecule is CCCNC1CC(OCCCC(C)C)C1OCC. The lowest BCUT2D eigenvalue weighted by Gasteiger charge is -2.44. The third kappa shape index (κ3) is 5.25. The maximum atomic E-state index is 5.94. The topological polar surface area (TPSA) is 30.5 Å². The Morgan fingerprint density at radius 2 is 2.00 bits per heavy atom. The van der Waals surface area contributed by atoms with Crippen molar-refractivity contribution in [2.75, 3.05) is 19.8 Å². The van der Waals surface area contributed by atoms with Crippen LogP contribution in [0, 0.1) is 5.92 Å². The van der Waals surface area contributed by atoms with E-state index in [1.54, 1.807) is 0 Å². The Labute approximate surface area is 113 Å². The van der Waals surface area contributed by atoms with Crippen LogP contribution in [0.25, 0.3) is 0 Å². The maximum absolute atomic E-state index is 5.94. The molecule has 0 aromatic carbocycles. The highest BCUT2D eigenvalue weighted by molar-refractivity contribution is 4.97. The summed E-state index contributed by atoms with van der Waals surface area (Å²) in [5, 5.41) is 3.54. The van der Waals surface area contributed by atoms with Gasteiger partial charge in [-0.1, -0.05) is 20.8 Å². The summed E-state index contributed by atoms with van der Waals surface area (Å²) in [6.45, 7) is 11.5. The molecule has 3 atom stereocenters. The summed E-state index contributed by atoms with van der Waals surface area (Å²) in [6, 6.07) is 0.500. The zero-order chi connectivity index (χ0) is 13.4. The highest BCUT2D eigenvalue weighted by Gasteiger charge is 2.42. The van der Waals surface area contributed by atoms with E-state index >= 15 is 0 Å². The van der Waals surface area contributed by atoms with Crippen LogP contribution in [0.1, 0.15) is 53.4 Å². The number of ether oxygens (including phenoxy) is 2. The first-order valence-electron chi connectivity index (χ1n) is 7.65. The third-order valence-electron chi connectivity index (χ3n) is 3.52. The summed E-state index contributed by atoms with van der Waals surface area (Å²) >= 11 is 0. The van der Waals surface area contributed by atoms with Crippen LogP contribution in [0.2, 0.25) is 0 Å². The summed E-state index contributed by atoms with van der Waals surface area (Å²) < 4.78 is 11.7. The molecule has 3 unspecified atom stereocenters. The first kappa shape index (κ1) is 15.9. The van der Waals surface area contributed by atoms with E-state index in [1.165, 1.54) is 19.3 Å². The van der Waals surface area contributed by atoms with Gasteiger partial charge in [-0.25, -0.2) is 0 Å². The molecule has 0 aliphatic heterocycles. The molecule has 1 saturated carbocycles. The van der Waals surface area contributed by atoms with Crippen LogP contribution in [-0.4, -0.2) is 38.0 Å². The monoisotopic (exact) mass is 257 g/mol. The van der Waals surface area contributed by atoms with Crippen molar-refractivity contribution < 1.29 is 9.47 Å². The molecule has 0 aromatic rings. The van der Waals surface area contributed by atoms with E-state index in [1.807, 2.05) is 0 Å². The van der Waals surface area contributed by atoms with Crippen LogP contribution in [-0.2, 0) is 9.47 Å². The van der Waals surface area contributed by atoms with Crippen molar-refractivity contribution in [2.24, 2.45) is 5.92 Å². The van der Waals surface area contributed by atoms with Crippen LogP contribution >= 0.6 is 0 Å². The van der Waals surface area contributed by atoms with E-state index < -0.39 is 0 Å². The summed E-state index contributed by atoms with van der Waals surface area (Å²) in [4.78, 5) is 0. The number of hydrogen-bond acceptors (Lipinski definition) is 3. The molecule has 1 rings (SSSR count). The number of rotatable bonds is 10. The van der Waals surface area contributed by atoms with Gasteiger partial charge in [0.1, 0.15) is 0 Å². The predicted molar refractivity (Wildman–Crippen MR) is 75.9 cm³/mol. The van der Waals surface area contributed by atoms with Gasteiger partial charge in [0.25, 0.3) is 0 Å². The molecule has 3 heteroatoms.